The Morgan fingerprint density at radius 3 is 3.10 bits per heavy atom. The highest BCUT2D eigenvalue weighted by atomic mass is 16.5. The summed E-state index contributed by atoms with van der Waals surface area (Å²) in [6, 6.07) is 0. The summed E-state index contributed by atoms with van der Waals surface area (Å²) in [5.41, 5.74) is 0. The molecule has 0 N–H and O–H groups in total. The predicted molar refractivity (Wildman–Crippen MR) is 42.7 cm³/mol. The Hall–Kier alpha value is -0.460. The molecule has 0 heterocycles. The van der Waals surface area contributed by atoms with Gasteiger partial charge in [-0.3, -0.25) is 0 Å². The maximum atomic E-state index is 5.18. The molecule has 0 aromatic heterocycles. The first-order valence-corrected chi connectivity index (χ1v) is 4.09. The van der Waals surface area contributed by atoms with Crippen LogP contribution in [-0.2, 0) is 4.74 Å². The van der Waals surface area contributed by atoms with Gasteiger partial charge in [-0.05, 0) is 24.8 Å². The van der Waals surface area contributed by atoms with Crippen LogP contribution in [0, 0.1) is 5.92 Å². The zero-order valence-corrected chi connectivity index (χ0v) is 6.89. The van der Waals surface area contributed by atoms with Crippen LogP contribution in [0.2, 0.25) is 0 Å². The van der Waals surface area contributed by atoms with E-state index in [1.165, 1.54) is 25.0 Å². The van der Waals surface area contributed by atoms with Crippen molar-refractivity contribution in [3.63, 3.8) is 0 Å². The van der Waals surface area contributed by atoms with Crippen LogP contribution >= 0.6 is 0 Å². The molecule has 1 nitrogen and oxygen atoms in total. The summed E-state index contributed by atoms with van der Waals surface area (Å²) in [7, 11) is 1.77. The second-order valence-electron chi connectivity index (χ2n) is 2.93. The van der Waals surface area contributed by atoms with Gasteiger partial charge in [0.1, 0.15) is 0 Å². The van der Waals surface area contributed by atoms with Crippen LogP contribution < -0.4 is 0 Å². The molecule has 0 aromatic rings. The minimum Gasteiger partial charge on any atom is -0.501 e. The fourth-order valence-corrected chi connectivity index (χ4v) is 1.47. The molecule has 0 amide bonds. The van der Waals surface area contributed by atoms with E-state index in [1.807, 2.05) is 0 Å². The average molecular weight is 140 g/mol. The molecule has 0 unspecified atom stereocenters. The van der Waals surface area contributed by atoms with Crippen LogP contribution in [0.4, 0.5) is 0 Å². The average Bonchev–Trinajstić information content (AvgIpc) is 2.05. The Balaban J connectivity index is 2.40. The Kier molecular flexibility index (Phi) is 2.79. The lowest BCUT2D eigenvalue weighted by molar-refractivity contribution is 0.242. The van der Waals surface area contributed by atoms with Crippen LogP contribution in [0.1, 0.15) is 32.6 Å². The van der Waals surface area contributed by atoms with E-state index in [1.54, 1.807) is 7.11 Å². The molecule has 0 aromatic carbocycles. The summed E-state index contributed by atoms with van der Waals surface area (Å²) in [4.78, 5) is 0. The van der Waals surface area contributed by atoms with E-state index < -0.39 is 0 Å². The lowest BCUT2D eigenvalue weighted by Gasteiger charge is -2.19. The Labute approximate surface area is 63.1 Å². The quantitative estimate of drug-likeness (QED) is 0.573. The molecule has 0 saturated heterocycles. The highest BCUT2D eigenvalue weighted by Gasteiger charge is 2.13. The van der Waals surface area contributed by atoms with E-state index in [0.717, 1.165) is 12.3 Å². The maximum Gasteiger partial charge on any atom is 0.0918 e. The van der Waals surface area contributed by atoms with Gasteiger partial charge in [-0.2, -0.15) is 0 Å². The van der Waals surface area contributed by atoms with Crippen molar-refractivity contribution >= 4 is 0 Å². The molecule has 0 radical (unpaired) electrons. The van der Waals surface area contributed by atoms with Gasteiger partial charge in [0.25, 0.3) is 0 Å². The van der Waals surface area contributed by atoms with Crippen LogP contribution in [0.3, 0.4) is 0 Å². The highest BCUT2D eigenvalue weighted by molar-refractivity contribution is 4.98. The molecule has 58 valence electrons. The van der Waals surface area contributed by atoms with Crippen molar-refractivity contribution in [1.82, 2.24) is 0 Å². The van der Waals surface area contributed by atoms with Crippen LogP contribution in [-0.4, -0.2) is 7.11 Å². The Bertz CT molecular complexity index is 127. The first-order chi connectivity index (χ1) is 4.86. The third-order valence-corrected chi connectivity index (χ3v) is 2.28. The van der Waals surface area contributed by atoms with E-state index in [-0.39, 0.29) is 0 Å². The molecular formula is C9H16O. The third kappa shape index (κ3) is 1.76. The van der Waals surface area contributed by atoms with Gasteiger partial charge in [0.05, 0.1) is 12.9 Å². The molecule has 0 saturated carbocycles. The van der Waals surface area contributed by atoms with Gasteiger partial charge in [0, 0.05) is 6.42 Å². The summed E-state index contributed by atoms with van der Waals surface area (Å²) in [6.45, 7) is 2.25. The smallest absolute Gasteiger partial charge is 0.0918 e. The molecule has 1 aliphatic carbocycles. The van der Waals surface area contributed by atoms with Crippen molar-refractivity contribution < 1.29 is 4.74 Å². The number of rotatable bonds is 2. The first-order valence-electron chi connectivity index (χ1n) is 4.09. The molecule has 0 fully saturated rings. The maximum absolute atomic E-state index is 5.18. The van der Waals surface area contributed by atoms with Crippen LogP contribution in [0.15, 0.2) is 11.8 Å². The summed E-state index contributed by atoms with van der Waals surface area (Å²) < 4.78 is 5.18. The Morgan fingerprint density at radius 1 is 1.70 bits per heavy atom. The van der Waals surface area contributed by atoms with Crippen molar-refractivity contribution in [1.29, 1.82) is 0 Å². The third-order valence-electron chi connectivity index (χ3n) is 2.28. The zero-order valence-electron chi connectivity index (χ0n) is 6.89. The molecule has 10 heavy (non-hydrogen) atoms. The Morgan fingerprint density at radius 2 is 2.50 bits per heavy atom. The van der Waals surface area contributed by atoms with Gasteiger partial charge in [-0.1, -0.05) is 13.3 Å². The molecular weight excluding hydrogens is 124 g/mol. The van der Waals surface area contributed by atoms with E-state index in [4.69, 9.17) is 4.74 Å². The normalized spacial score (nSPS) is 25.8. The molecule has 1 atom stereocenters. The number of ether oxygens (including phenoxy) is 1. The van der Waals surface area contributed by atoms with Gasteiger partial charge in [0.2, 0.25) is 0 Å². The van der Waals surface area contributed by atoms with Crippen LogP contribution in [0.5, 0.6) is 0 Å². The largest absolute Gasteiger partial charge is 0.501 e. The van der Waals surface area contributed by atoms with E-state index in [2.05, 4.69) is 13.0 Å². The molecule has 0 aliphatic heterocycles. The van der Waals surface area contributed by atoms with Crippen LogP contribution in [0.25, 0.3) is 0 Å². The van der Waals surface area contributed by atoms with Crippen molar-refractivity contribution in [3.8, 4) is 0 Å². The number of allylic oxidation sites excluding steroid dienone is 2. The lowest BCUT2D eigenvalue weighted by atomic mass is 9.91. The van der Waals surface area contributed by atoms with Crippen molar-refractivity contribution in [2.45, 2.75) is 32.6 Å². The number of methoxy groups -OCH3 is 1. The van der Waals surface area contributed by atoms with Crippen molar-refractivity contribution in [2.24, 2.45) is 5.92 Å². The number of hydrogen-bond acceptors (Lipinski definition) is 1. The summed E-state index contributed by atoms with van der Waals surface area (Å²) in [6.07, 6.45) is 7.23. The van der Waals surface area contributed by atoms with E-state index in [9.17, 15) is 0 Å². The first kappa shape index (κ1) is 7.64. The fraction of sp³-hybridized carbons (Fsp3) is 0.778. The molecule has 1 aliphatic rings. The molecule has 1 heteroatoms. The van der Waals surface area contributed by atoms with Gasteiger partial charge in [-0.15, -0.1) is 0 Å². The predicted octanol–water partition coefficient (Wildman–Crippen LogP) is 2.73. The molecule has 0 spiro atoms. The zero-order chi connectivity index (χ0) is 7.40. The molecule has 0 bridgehead atoms. The number of hydrogen-bond donors (Lipinski definition) is 0. The van der Waals surface area contributed by atoms with E-state index in [0.29, 0.717) is 0 Å². The summed E-state index contributed by atoms with van der Waals surface area (Å²) >= 11 is 0. The second kappa shape index (κ2) is 3.65. The van der Waals surface area contributed by atoms with Gasteiger partial charge < -0.3 is 4.74 Å². The standard InChI is InChI=1S/C9H16O/c1-3-8-5-4-6-9(7-8)10-2/h6,8H,3-5,7H2,1-2H3/t8-/m1/s1. The summed E-state index contributed by atoms with van der Waals surface area (Å²) in [5, 5.41) is 0. The van der Waals surface area contributed by atoms with Gasteiger partial charge >= 0.3 is 0 Å². The van der Waals surface area contributed by atoms with Gasteiger partial charge in [0.15, 0.2) is 0 Å². The molecule has 1 rings (SSSR count). The van der Waals surface area contributed by atoms with E-state index >= 15 is 0 Å². The van der Waals surface area contributed by atoms with Gasteiger partial charge in [-0.25, -0.2) is 0 Å². The monoisotopic (exact) mass is 140 g/mol. The summed E-state index contributed by atoms with van der Waals surface area (Å²) in [5.74, 6) is 2.07. The van der Waals surface area contributed by atoms with Crippen molar-refractivity contribution in [2.75, 3.05) is 7.11 Å². The minimum absolute atomic E-state index is 0.875. The van der Waals surface area contributed by atoms with Crippen molar-refractivity contribution in [3.05, 3.63) is 11.8 Å². The topological polar surface area (TPSA) is 9.23 Å². The SMILES string of the molecule is CC[C@@H]1CCC=C(OC)C1. The highest BCUT2D eigenvalue weighted by Crippen LogP contribution is 2.26. The fourth-order valence-electron chi connectivity index (χ4n) is 1.47. The lowest BCUT2D eigenvalue weighted by Crippen LogP contribution is -2.06. The second-order valence-corrected chi connectivity index (χ2v) is 2.93. The minimum atomic E-state index is 0.875.